The van der Waals surface area contributed by atoms with Crippen LogP contribution in [0.5, 0.6) is 0 Å². The topological polar surface area (TPSA) is 12.0 Å². The van der Waals surface area contributed by atoms with Crippen molar-refractivity contribution in [3.63, 3.8) is 0 Å². The molecule has 0 aliphatic heterocycles. The second-order valence-corrected chi connectivity index (χ2v) is 6.46. The summed E-state index contributed by atoms with van der Waals surface area (Å²) < 4.78 is 15.1. The Morgan fingerprint density at radius 3 is 2.79 bits per heavy atom. The molecule has 1 nitrogen and oxygen atoms in total. The Morgan fingerprint density at radius 1 is 1.42 bits per heavy atom. The number of benzene rings is 1. The van der Waals surface area contributed by atoms with Crippen molar-refractivity contribution in [2.24, 2.45) is 0 Å². The van der Waals surface area contributed by atoms with E-state index in [-0.39, 0.29) is 11.9 Å². The first-order valence-electron chi connectivity index (χ1n) is 6.02. The largest absolute Gasteiger partial charge is 0.310 e. The fourth-order valence-electron chi connectivity index (χ4n) is 1.98. The van der Waals surface area contributed by atoms with Crippen LogP contribution in [0.3, 0.4) is 0 Å². The lowest BCUT2D eigenvalue weighted by atomic mass is 10.0. The minimum atomic E-state index is -0.258. The first-order valence-corrected chi connectivity index (χ1v) is 8.07. The normalized spacial score (nSPS) is 12.6. The Kier molecular flexibility index (Phi) is 5.39. The van der Waals surface area contributed by atoms with Gasteiger partial charge in [0, 0.05) is 32.4 Å². The second kappa shape index (κ2) is 6.84. The van der Waals surface area contributed by atoms with Gasteiger partial charge < -0.3 is 5.32 Å². The van der Waals surface area contributed by atoms with Gasteiger partial charge in [0.05, 0.1) is 0 Å². The van der Waals surface area contributed by atoms with Crippen LogP contribution in [0.4, 0.5) is 4.39 Å². The van der Waals surface area contributed by atoms with E-state index in [2.05, 4.69) is 21.2 Å². The van der Waals surface area contributed by atoms with Gasteiger partial charge in [0.1, 0.15) is 5.82 Å². The predicted octanol–water partition coefficient (Wildman–Crippen LogP) is 5.20. The standard InChI is InChI=1S/C14H14BrClFNS/c1-2-18-13(8-14-11(15)5-6-19-14)10-4-3-9(16)7-12(10)17/h3-7,13,18H,2,8H2,1H3. The van der Waals surface area contributed by atoms with E-state index in [4.69, 9.17) is 11.6 Å². The number of rotatable bonds is 5. The van der Waals surface area contributed by atoms with Crippen LogP contribution in [-0.2, 0) is 6.42 Å². The molecule has 1 N–H and O–H groups in total. The highest BCUT2D eigenvalue weighted by molar-refractivity contribution is 9.10. The molecule has 5 heteroatoms. The second-order valence-electron chi connectivity index (χ2n) is 4.17. The summed E-state index contributed by atoms with van der Waals surface area (Å²) in [6.07, 6.45) is 0.755. The van der Waals surface area contributed by atoms with E-state index in [1.807, 2.05) is 18.4 Å². The van der Waals surface area contributed by atoms with Crippen LogP contribution in [0.15, 0.2) is 34.1 Å². The molecule has 0 saturated heterocycles. The maximum Gasteiger partial charge on any atom is 0.129 e. The van der Waals surface area contributed by atoms with E-state index in [9.17, 15) is 4.39 Å². The highest BCUT2D eigenvalue weighted by Gasteiger charge is 2.17. The van der Waals surface area contributed by atoms with Crippen molar-refractivity contribution in [3.8, 4) is 0 Å². The Morgan fingerprint density at radius 2 is 2.21 bits per heavy atom. The molecule has 0 saturated carbocycles. The smallest absolute Gasteiger partial charge is 0.129 e. The molecular weight excluding hydrogens is 349 g/mol. The zero-order valence-electron chi connectivity index (χ0n) is 10.4. The lowest BCUT2D eigenvalue weighted by molar-refractivity contribution is 0.512. The number of hydrogen-bond donors (Lipinski definition) is 1. The summed E-state index contributed by atoms with van der Waals surface area (Å²) in [6.45, 7) is 2.81. The van der Waals surface area contributed by atoms with Crippen LogP contribution in [0, 0.1) is 5.82 Å². The average molecular weight is 363 g/mol. The molecule has 0 bridgehead atoms. The SMILES string of the molecule is CCNC(Cc1sccc1Br)c1ccc(Cl)cc1F. The lowest BCUT2D eigenvalue weighted by Gasteiger charge is -2.19. The Labute approximate surface area is 129 Å². The van der Waals surface area contributed by atoms with Crippen LogP contribution in [-0.4, -0.2) is 6.54 Å². The van der Waals surface area contributed by atoms with Gasteiger partial charge in [-0.1, -0.05) is 24.6 Å². The van der Waals surface area contributed by atoms with E-state index in [1.165, 1.54) is 10.9 Å². The van der Waals surface area contributed by atoms with Gasteiger partial charge in [-0.3, -0.25) is 0 Å². The summed E-state index contributed by atoms with van der Waals surface area (Å²) in [5.41, 5.74) is 0.659. The third-order valence-corrected chi connectivity index (χ3v) is 5.05. The molecule has 2 aromatic rings. The summed E-state index contributed by atoms with van der Waals surface area (Å²) in [5.74, 6) is -0.258. The van der Waals surface area contributed by atoms with Crippen LogP contribution >= 0.6 is 38.9 Å². The molecule has 1 aromatic carbocycles. The van der Waals surface area contributed by atoms with Gasteiger partial charge in [-0.15, -0.1) is 11.3 Å². The van der Waals surface area contributed by atoms with Gasteiger partial charge in [-0.2, -0.15) is 0 Å². The molecule has 19 heavy (non-hydrogen) atoms. The molecule has 0 spiro atoms. The summed E-state index contributed by atoms with van der Waals surface area (Å²) in [6, 6.07) is 6.82. The zero-order valence-corrected chi connectivity index (χ0v) is 13.6. The molecular formula is C14H14BrClFNS. The van der Waals surface area contributed by atoms with Gasteiger partial charge in [-0.25, -0.2) is 4.39 Å². The molecule has 1 aromatic heterocycles. The first kappa shape index (κ1) is 15.0. The van der Waals surface area contributed by atoms with Crippen LogP contribution in [0.25, 0.3) is 0 Å². The van der Waals surface area contributed by atoms with Crippen molar-refractivity contribution in [1.82, 2.24) is 5.32 Å². The molecule has 0 amide bonds. The van der Waals surface area contributed by atoms with Crippen molar-refractivity contribution < 1.29 is 4.39 Å². The maximum atomic E-state index is 14.0. The van der Waals surface area contributed by atoms with Gasteiger partial charge in [0.2, 0.25) is 0 Å². The Balaban J connectivity index is 2.27. The Bertz CT molecular complexity index is 558. The quantitative estimate of drug-likeness (QED) is 0.771. The zero-order chi connectivity index (χ0) is 13.8. The summed E-state index contributed by atoms with van der Waals surface area (Å²) in [7, 11) is 0. The lowest BCUT2D eigenvalue weighted by Crippen LogP contribution is -2.23. The number of nitrogens with one attached hydrogen (secondary N) is 1. The molecule has 0 aliphatic carbocycles. The van der Waals surface area contributed by atoms with Crippen LogP contribution in [0.1, 0.15) is 23.4 Å². The van der Waals surface area contributed by atoms with E-state index < -0.39 is 0 Å². The molecule has 1 atom stereocenters. The molecule has 0 radical (unpaired) electrons. The average Bonchev–Trinajstić information content (AvgIpc) is 2.75. The molecule has 1 unspecified atom stereocenters. The van der Waals surface area contributed by atoms with Gasteiger partial charge in [-0.05, 0) is 46.1 Å². The van der Waals surface area contributed by atoms with Crippen molar-refractivity contribution >= 4 is 38.9 Å². The molecule has 0 aliphatic rings. The highest BCUT2D eigenvalue weighted by Crippen LogP contribution is 2.30. The summed E-state index contributed by atoms with van der Waals surface area (Å²) >= 11 is 11.0. The summed E-state index contributed by atoms with van der Waals surface area (Å²) in [4.78, 5) is 1.21. The summed E-state index contributed by atoms with van der Waals surface area (Å²) in [5, 5.41) is 5.78. The van der Waals surface area contributed by atoms with Gasteiger partial charge in [0.15, 0.2) is 0 Å². The van der Waals surface area contributed by atoms with Crippen molar-refractivity contribution in [2.75, 3.05) is 6.54 Å². The number of hydrogen-bond acceptors (Lipinski definition) is 2. The minimum absolute atomic E-state index is 0.0442. The molecule has 0 fully saturated rings. The van der Waals surface area contributed by atoms with Crippen molar-refractivity contribution in [3.05, 3.63) is 55.4 Å². The van der Waals surface area contributed by atoms with Crippen LogP contribution < -0.4 is 5.32 Å². The van der Waals surface area contributed by atoms with E-state index in [1.54, 1.807) is 23.5 Å². The van der Waals surface area contributed by atoms with Crippen molar-refractivity contribution in [2.45, 2.75) is 19.4 Å². The molecule has 102 valence electrons. The number of thiophene rings is 1. The van der Waals surface area contributed by atoms with E-state index in [0.717, 1.165) is 17.4 Å². The third kappa shape index (κ3) is 3.78. The maximum absolute atomic E-state index is 14.0. The first-order chi connectivity index (χ1) is 9.11. The van der Waals surface area contributed by atoms with E-state index in [0.29, 0.717) is 10.6 Å². The molecule has 2 rings (SSSR count). The fourth-order valence-corrected chi connectivity index (χ4v) is 3.70. The fraction of sp³-hybridized carbons (Fsp3) is 0.286. The predicted molar refractivity (Wildman–Crippen MR) is 83.6 cm³/mol. The van der Waals surface area contributed by atoms with Gasteiger partial charge >= 0.3 is 0 Å². The molecule has 1 heterocycles. The van der Waals surface area contributed by atoms with E-state index >= 15 is 0 Å². The van der Waals surface area contributed by atoms with Gasteiger partial charge in [0.25, 0.3) is 0 Å². The third-order valence-electron chi connectivity index (χ3n) is 2.87. The monoisotopic (exact) mass is 361 g/mol. The van der Waals surface area contributed by atoms with Crippen molar-refractivity contribution in [1.29, 1.82) is 0 Å². The van der Waals surface area contributed by atoms with Crippen LogP contribution in [0.2, 0.25) is 5.02 Å². The Hall–Kier alpha value is -0.420. The highest BCUT2D eigenvalue weighted by atomic mass is 79.9. The number of halogens is 3. The number of likely N-dealkylation sites (N-methyl/N-ethyl adjacent to an activating group) is 1. The minimum Gasteiger partial charge on any atom is -0.310 e.